The van der Waals surface area contributed by atoms with Crippen LogP contribution in [0.1, 0.15) is 5.69 Å². The number of hydrogen-bond acceptors (Lipinski definition) is 10. The van der Waals surface area contributed by atoms with Crippen molar-refractivity contribution >= 4 is 57.4 Å². The second kappa shape index (κ2) is 9.23. The van der Waals surface area contributed by atoms with E-state index in [0.29, 0.717) is 5.57 Å². The number of carboxylic acids is 1. The zero-order valence-electron chi connectivity index (χ0n) is 18.6. The molecule has 2 aliphatic heterocycles. The van der Waals surface area contributed by atoms with Crippen LogP contribution in [0.3, 0.4) is 0 Å². The van der Waals surface area contributed by atoms with E-state index in [0.717, 1.165) is 16.2 Å². The first-order chi connectivity index (χ1) is 17.3. The van der Waals surface area contributed by atoms with Crippen LogP contribution in [0, 0.1) is 5.82 Å². The van der Waals surface area contributed by atoms with Gasteiger partial charge in [-0.05, 0) is 12.1 Å². The van der Waals surface area contributed by atoms with Crippen molar-refractivity contribution < 1.29 is 33.3 Å². The minimum absolute atomic E-state index is 0.0389. The molecule has 5 rings (SSSR count). The molecule has 12 nitrogen and oxygen atoms in total. The van der Waals surface area contributed by atoms with E-state index >= 15 is 0 Å². The Kier molecular flexibility index (Phi) is 6.09. The quantitative estimate of drug-likeness (QED) is 0.168. The minimum Gasteiger partial charge on any atom is -0.543 e. The maximum atomic E-state index is 14.4. The molecule has 0 spiro atoms. The lowest BCUT2D eigenvalue weighted by Crippen LogP contribution is -2.71. The normalized spacial score (nSPS) is 19.8. The van der Waals surface area contributed by atoms with Crippen LogP contribution in [0.15, 0.2) is 52.5 Å². The number of aliphatic carboxylic acids is 1. The van der Waals surface area contributed by atoms with Gasteiger partial charge in [-0.15, -0.1) is 23.1 Å². The zero-order chi connectivity index (χ0) is 25.6. The number of nitrogens with zero attached hydrogens (tertiary/aromatic N) is 5. The summed E-state index contributed by atoms with van der Waals surface area (Å²) in [5, 5.41) is 19.4. The molecule has 0 bridgehead atoms. The lowest BCUT2D eigenvalue weighted by Gasteiger charge is -2.50. The molecule has 5 heterocycles. The van der Waals surface area contributed by atoms with Gasteiger partial charge >= 0.3 is 5.65 Å². The second-order valence-corrected chi connectivity index (χ2v) is 9.80. The number of fused-ring (bicyclic) bond motifs is 2. The number of nitrogens with two attached hydrogens (primary N) is 1. The first kappa shape index (κ1) is 23.7. The Labute approximate surface area is 210 Å². The highest BCUT2D eigenvalue weighted by Crippen LogP contribution is 2.40. The number of carboxylic acid groups (broad SMARTS) is 1. The number of hydrogen-bond donors (Lipinski definition) is 2. The molecule has 0 aromatic carbocycles. The third-order valence-corrected chi connectivity index (χ3v) is 7.69. The van der Waals surface area contributed by atoms with E-state index < -0.39 is 35.0 Å². The van der Waals surface area contributed by atoms with Crippen LogP contribution < -0.4 is 20.7 Å². The van der Waals surface area contributed by atoms with E-state index in [4.69, 9.17) is 10.6 Å². The number of carbonyl (C=O) groups is 3. The molecule has 0 aliphatic carbocycles. The fraction of sp³-hybridized carbons (Fsp3) is 0.238. The number of amides is 2. The number of nitrogen functional groups attached to an aromatic ring is 1. The number of anilines is 1. The number of imidazole rings is 1. The van der Waals surface area contributed by atoms with Gasteiger partial charge in [0.1, 0.15) is 43.2 Å². The Morgan fingerprint density at radius 1 is 1.44 bits per heavy atom. The summed E-state index contributed by atoms with van der Waals surface area (Å²) in [4.78, 5) is 47.7. The van der Waals surface area contributed by atoms with Gasteiger partial charge in [0.2, 0.25) is 5.82 Å². The number of halogens is 1. The molecule has 0 radical (unpaired) electrons. The summed E-state index contributed by atoms with van der Waals surface area (Å²) in [5.74, 6) is -3.12. The summed E-state index contributed by atoms with van der Waals surface area (Å²) in [7, 11) is 1.26. The summed E-state index contributed by atoms with van der Waals surface area (Å²) >= 11 is 2.38. The molecule has 0 unspecified atom stereocenters. The summed E-state index contributed by atoms with van der Waals surface area (Å²) < 4.78 is 17.5. The topological polar surface area (TPSA) is 158 Å². The summed E-state index contributed by atoms with van der Waals surface area (Å²) in [6.07, 6.45) is 4.94. The Balaban J connectivity index is 1.38. The van der Waals surface area contributed by atoms with Crippen LogP contribution in [0.25, 0.3) is 5.65 Å². The van der Waals surface area contributed by atoms with Crippen LogP contribution in [-0.4, -0.2) is 62.1 Å². The van der Waals surface area contributed by atoms with Gasteiger partial charge in [-0.2, -0.15) is 4.39 Å². The molecule has 3 aromatic rings. The fourth-order valence-corrected chi connectivity index (χ4v) is 6.03. The third kappa shape index (κ3) is 3.95. The SMILES string of the molecule is CO/N=C(\C(=O)N[C@@H]1C(=O)N2C(C(=O)[O-])=C(C[n+]3ccn4cccc(F)c43)CS[C@H]12)c1csc(N)n1. The predicted octanol–water partition coefficient (Wildman–Crippen LogP) is -1.14. The molecule has 15 heteroatoms. The molecular formula is C21H18FN7O5S2. The van der Waals surface area contributed by atoms with Crippen molar-refractivity contribution in [2.45, 2.75) is 18.0 Å². The van der Waals surface area contributed by atoms with Crippen molar-refractivity contribution in [3.63, 3.8) is 0 Å². The van der Waals surface area contributed by atoms with Gasteiger partial charge < -0.3 is 25.8 Å². The molecule has 0 saturated carbocycles. The molecule has 36 heavy (non-hydrogen) atoms. The standard InChI is InChI=1S/C21H18FN7O5S2/c1-34-26-13(12-9-36-21(23)24-12)16(30)25-14-18(31)29-15(20(32)33)10(8-35-19(14)29)7-28-6-5-27-4-2-3-11(22)17(27)28/h2-6,9,14,19H,7-8H2,1H3,(H3-,23,24,25,30,32,33)/b26-13-/t14-,19-/m1/s1. The number of carbonyl (C=O) groups excluding carboxylic acids is 3. The van der Waals surface area contributed by atoms with E-state index in [-0.39, 0.29) is 40.2 Å². The highest BCUT2D eigenvalue weighted by Gasteiger charge is 2.53. The number of oxime groups is 1. The molecule has 3 N–H and O–H groups in total. The van der Waals surface area contributed by atoms with Crippen LogP contribution in [0.4, 0.5) is 9.52 Å². The van der Waals surface area contributed by atoms with Crippen LogP contribution in [0.5, 0.6) is 0 Å². The van der Waals surface area contributed by atoms with E-state index in [9.17, 15) is 23.9 Å². The monoisotopic (exact) mass is 531 g/mol. The molecule has 186 valence electrons. The van der Waals surface area contributed by atoms with Gasteiger partial charge in [0.15, 0.2) is 10.8 Å². The van der Waals surface area contributed by atoms with Crippen LogP contribution in [-0.2, 0) is 25.8 Å². The molecule has 2 amide bonds. The fourth-order valence-electron chi connectivity index (χ4n) is 4.15. The Morgan fingerprint density at radius 3 is 2.94 bits per heavy atom. The number of pyridine rings is 1. The number of thioether (sulfide) groups is 1. The second-order valence-electron chi connectivity index (χ2n) is 7.81. The Morgan fingerprint density at radius 2 is 2.25 bits per heavy atom. The number of aromatic nitrogens is 3. The van der Waals surface area contributed by atoms with E-state index in [1.165, 1.54) is 30.3 Å². The van der Waals surface area contributed by atoms with Crippen molar-refractivity contribution in [3.8, 4) is 0 Å². The average Bonchev–Trinajstić information content (AvgIpc) is 3.47. The van der Waals surface area contributed by atoms with Gasteiger partial charge in [0.05, 0.1) is 17.9 Å². The highest BCUT2D eigenvalue weighted by molar-refractivity contribution is 8.00. The smallest absolute Gasteiger partial charge is 0.323 e. The molecule has 3 aromatic heterocycles. The molecule has 2 atom stereocenters. The average molecular weight is 532 g/mol. The summed E-state index contributed by atoms with van der Waals surface area (Å²) in [6.45, 7) is 0.0389. The predicted molar refractivity (Wildman–Crippen MR) is 125 cm³/mol. The van der Waals surface area contributed by atoms with Gasteiger partial charge in [-0.25, -0.2) is 14.0 Å². The first-order valence-electron chi connectivity index (χ1n) is 10.5. The Bertz CT molecular complexity index is 1470. The largest absolute Gasteiger partial charge is 0.543 e. The molecule has 1 saturated heterocycles. The van der Waals surface area contributed by atoms with E-state index in [1.54, 1.807) is 33.6 Å². The summed E-state index contributed by atoms with van der Waals surface area (Å²) in [6, 6.07) is 1.86. The van der Waals surface area contributed by atoms with Gasteiger partial charge in [-0.3, -0.25) is 14.5 Å². The van der Waals surface area contributed by atoms with Gasteiger partial charge in [-0.1, -0.05) is 5.16 Å². The van der Waals surface area contributed by atoms with Crippen molar-refractivity contribution in [2.24, 2.45) is 5.16 Å². The number of β-lactam (4-membered cyclic amide) rings is 1. The third-order valence-electron chi connectivity index (χ3n) is 5.68. The maximum absolute atomic E-state index is 14.4. The molecule has 2 aliphatic rings. The van der Waals surface area contributed by atoms with E-state index in [1.807, 2.05) is 0 Å². The van der Waals surface area contributed by atoms with Gasteiger partial charge in [0, 0.05) is 16.7 Å². The summed E-state index contributed by atoms with van der Waals surface area (Å²) in [5.41, 5.74) is 5.99. The zero-order valence-corrected chi connectivity index (χ0v) is 20.2. The van der Waals surface area contributed by atoms with Crippen molar-refractivity contribution in [1.82, 2.24) is 19.6 Å². The van der Waals surface area contributed by atoms with Crippen molar-refractivity contribution in [1.29, 1.82) is 0 Å². The number of thiazole rings is 1. The minimum atomic E-state index is -1.53. The van der Waals surface area contributed by atoms with Crippen molar-refractivity contribution in [2.75, 3.05) is 18.6 Å². The lowest BCUT2D eigenvalue weighted by atomic mass is 10.0. The van der Waals surface area contributed by atoms with E-state index in [2.05, 4.69) is 15.5 Å². The number of rotatable bonds is 7. The Hall–Kier alpha value is -3.98. The lowest BCUT2D eigenvalue weighted by molar-refractivity contribution is -0.663. The van der Waals surface area contributed by atoms with Crippen LogP contribution >= 0.6 is 23.1 Å². The van der Waals surface area contributed by atoms with Crippen LogP contribution in [0.2, 0.25) is 0 Å². The molecular weight excluding hydrogens is 513 g/mol. The highest BCUT2D eigenvalue weighted by atomic mass is 32.2. The maximum Gasteiger partial charge on any atom is 0.323 e. The molecule has 1 fully saturated rings. The van der Waals surface area contributed by atoms with Gasteiger partial charge in [0.25, 0.3) is 11.8 Å². The number of nitrogens with one attached hydrogen (secondary N) is 1. The first-order valence-corrected chi connectivity index (χ1v) is 12.4. The van der Waals surface area contributed by atoms with Crippen molar-refractivity contribution in [3.05, 3.63) is 58.9 Å².